The van der Waals surface area contributed by atoms with E-state index in [-0.39, 0.29) is 30.5 Å². The van der Waals surface area contributed by atoms with Crippen LogP contribution in [0.5, 0.6) is 0 Å². The molecule has 0 aromatic heterocycles. The normalized spacial score (nSPS) is 17.2. The average molecular weight is 311 g/mol. The average Bonchev–Trinajstić information content (AvgIpc) is 2.51. The number of aliphatic hydroxyl groups excluding tert-OH is 1. The topological polar surface area (TPSA) is 49.3 Å². The van der Waals surface area contributed by atoms with Crippen molar-refractivity contribution < 1.29 is 18.7 Å². The fraction of sp³-hybridized carbons (Fsp3) is 0.588. The Morgan fingerprint density at radius 1 is 1.27 bits per heavy atom. The van der Waals surface area contributed by atoms with Crippen molar-refractivity contribution >= 4 is 5.91 Å². The maximum Gasteiger partial charge on any atom is 0.224 e. The van der Waals surface area contributed by atoms with Gasteiger partial charge in [-0.3, -0.25) is 4.79 Å². The first-order valence-corrected chi connectivity index (χ1v) is 7.94. The van der Waals surface area contributed by atoms with E-state index >= 15 is 0 Å². The van der Waals surface area contributed by atoms with Crippen LogP contribution in [0, 0.1) is 17.6 Å². The Labute approximate surface area is 129 Å². The molecule has 1 fully saturated rings. The fourth-order valence-corrected chi connectivity index (χ4v) is 3.21. The smallest absolute Gasteiger partial charge is 0.224 e. The summed E-state index contributed by atoms with van der Waals surface area (Å²) >= 11 is 0. The van der Waals surface area contributed by atoms with Crippen LogP contribution in [0.1, 0.15) is 44.1 Å². The second-order valence-corrected chi connectivity index (χ2v) is 6.00. The van der Waals surface area contributed by atoms with E-state index in [0.29, 0.717) is 12.3 Å². The lowest BCUT2D eigenvalue weighted by atomic mass is 9.82. The number of halogens is 2. The van der Waals surface area contributed by atoms with Crippen LogP contribution in [0.2, 0.25) is 0 Å². The Kier molecular flexibility index (Phi) is 6.31. The molecule has 1 aromatic rings. The SMILES string of the molecule is O=C(Cc1cc(F)ccc1F)NC(CCO)C1CCCCC1. The number of hydrogen-bond acceptors (Lipinski definition) is 2. The summed E-state index contributed by atoms with van der Waals surface area (Å²) in [6.07, 6.45) is 5.89. The Hall–Kier alpha value is -1.49. The number of aliphatic hydroxyl groups is 1. The summed E-state index contributed by atoms with van der Waals surface area (Å²) in [5, 5.41) is 12.1. The van der Waals surface area contributed by atoms with Crippen molar-refractivity contribution in [2.75, 3.05) is 6.61 Å². The van der Waals surface area contributed by atoms with Crippen LogP contribution in [0.4, 0.5) is 8.78 Å². The predicted octanol–water partition coefficient (Wildman–Crippen LogP) is 2.95. The molecule has 1 unspecified atom stereocenters. The lowest BCUT2D eigenvalue weighted by molar-refractivity contribution is -0.121. The van der Waals surface area contributed by atoms with Crippen molar-refractivity contribution in [1.29, 1.82) is 0 Å². The number of benzene rings is 1. The molecule has 22 heavy (non-hydrogen) atoms. The lowest BCUT2D eigenvalue weighted by Gasteiger charge is -2.30. The van der Waals surface area contributed by atoms with Gasteiger partial charge >= 0.3 is 0 Å². The molecule has 2 rings (SSSR count). The largest absolute Gasteiger partial charge is 0.396 e. The second kappa shape index (κ2) is 8.22. The molecule has 0 heterocycles. The molecule has 0 aliphatic heterocycles. The van der Waals surface area contributed by atoms with Gasteiger partial charge in [0.25, 0.3) is 0 Å². The lowest BCUT2D eigenvalue weighted by Crippen LogP contribution is -2.42. The molecule has 0 spiro atoms. The van der Waals surface area contributed by atoms with Crippen LogP contribution in [0.15, 0.2) is 18.2 Å². The van der Waals surface area contributed by atoms with Crippen molar-refractivity contribution in [2.45, 2.75) is 51.0 Å². The predicted molar refractivity (Wildman–Crippen MR) is 80.3 cm³/mol. The van der Waals surface area contributed by atoms with Gasteiger partial charge in [-0.05, 0) is 43.4 Å². The number of carbonyl (C=O) groups excluding carboxylic acids is 1. The molecule has 0 bridgehead atoms. The van der Waals surface area contributed by atoms with Gasteiger partial charge in [0.15, 0.2) is 0 Å². The van der Waals surface area contributed by atoms with Gasteiger partial charge in [0, 0.05) is 18.2 Å². The maximum atomic E-state index is 13.6. The third kappa shape index (κ3) is 4.77. The minimum Gasteiger partial charge on any atom is -0.396 e. The van der Waals surface area contributed by atoms with E-state index < -0.39 is 11.6 Å². The highest BCUT2D eigenvalue weighted by atomic mass is 19.1. The van der Waals surface area contributed by atoms with Gasteiger partial charge in [0.2, 0.25) is 5.91 Å². The highest BCUT2D eigenvalue weighted by molar-refractivity contribution is 5.78. The molecular weight excluding hydrogens is 288 g/mol. The van der Waals surface area contributed by atoms with Crippen molar-refractivity contribution in [2.24, 2.45) is 5.92 Å². The van der Waals surface area contributed by atoms with Crippen LogP contribution in [0.3, 0.4) is 0 Å². The van der Waals surface area contributed by atoms with Gasteiger partial charge in [-0.15, -0.1) is 0 Å². The van der Waals surface area contributed by atoms with Gasteiger partial charge < -0.3 is 10.4 Å². The van der Waals surface area contributed by atoms with Crippen LogP contribution >= 0.6 is 0 Å². The van der Waals surface area contributed by atoms with E-state index in [1.165, 1.54) is 6.42 Å². The third-order valence-corrected chi connectivity index (χ3v) is 4.36. The van der Waals surface area contributed by atoms with Crippen LogP contribution < -0.4 is 5.32 Å². The molecule has 1 atom stereocenters. The first-order valence-electron chi connectivity index (χ1n) is 7.94. The highest BCUT2D eigenvalue weighted by Crippen LogP contribution is 2.27. The number of rotatable bonds is 6. The molecule has 1 aromatic carbocycles. The van der Waals surface area contributed by atoms with Gasteiger partial charge in [0.1, 0.15) is 11.6 Å². The number of nitrogens with one attached hydrogen (secondary N) is 1. The molecule has 2 N–H and O–H groups in total. The third-order valence-electron chi connectivity index (χ3n) is 4.36. The first-order chi connectivity index (χ1) is 10.6. The molecule has 0 saturated heterocycles. The molecule has 122 valence electrons. The van der Waals surface area contributed by atoms with Crippen molar-refractivity contribution in [3.8, 4) is 0 Å². The molecule has 1 aliphatic carbocycles. The van der Waals surface area contributed by atoms with Gasteiger partial charge in [-0.1, -0.05) is 19.3 Å². The zero-order chi connectivity index (χ0) is 15.9. The van der Waals surface area contributed by atoms with Crippen molar-refractivity contribution in [3.63, 3.8) is 0 Å². The van der Waals surface area contributed by atoms with E-state index in [1.54, 1.807) is 0 Å². The number of amides is 1. The monoisotopic (exact) mass is 311 g/mol. The maximum absolute atomic E-state index is 13.6. The zero-order valence-corrected chi connectivity index (χ0v) is 12.7. The van der Waals surface area contributed by atoms with E-state index in [4.69, 9.17) is 0 Å². The standard InChI is InChI=1S/C17H23F2NO2/c18-14-6-7-15(19)13(10-14)11-17(22)20-16(8-9-21)12-4-2-1-3-5-12/h6-7,10,12,16,21H,1-5,8-9,11H2,(H,20,22). The summed E-state index contributed by atoms with van der Waals surface area (Å²) in [7, 11) is 0. The molecule has 0 radical (unpaired) electrons. The summed E-state index contributed by atoms with van der Waals surface area (Å²) in [5.74, 6) is -1.09. The van der Waals surface area contributed by atoms with Gasteiger partial charge in [-0.2, -0.15) is 0 Å². The van der Waals surface area contributed by atoms with Gasteiger partial charge in [-0.25, -0.2) is 8.78 Å². The van der Waals surface area contributed by atoms with Crippen molar-refractivity contribution in [3.05, 3.63) is 35.4 Å². The molecule has 1 aliphatic rings. The molecular formula is C17H23F2NO2. The molecule has 1 saturated carbocycles. The fourth-order valence-electron chi connectivity index (χ4n) is 3.21. The summed E-state index contributed by atoms with van der Waals surface area (Å²) in [5.41, 5.74) is 0.0592. The summed E-state index contributed by atoms with van der Waals surface area (Å²) in [4.78, 5) is 12.1. The minimum absolute atomic E-state index is 0.00970. The van der Waals surface area contributed by atoms with Gasteiger partial charge in [0.05, 0.1) is 6.42 Å². The Morgan fingerprint density at radius 3 is 2.68 bits per heavy atom. The summed E-state index contributed by atoms with van der Waals surface area (Å²) in [6.45, 7) is 0.00970. The van der Waals surface area contributed by atoms with Crippen LogP contribution in [-0.4, -0.2) is 23.7 Å². The number of carbonyl (C=O) groups is 1. The van der Waals surface area contributed by atoms with Crippen molar-refractivity contribution in [1.82, 2.24) is 5.32 Å². The second-order valence-electron chi connectivity index (χ2n) is 6.00. The molecule has 3 nitrogen and oxygen atoms in total. The summed E-state index contributed by atoms with van der Waals surface area (Å²) < 4.78 is 26.7. The molecule has 5 heteroatoms. The Morgan fingerprint density at radius 2 is 2.00 bits per heavy atom. The van der Waals surface area contributed by atoms with E-state index in [0.717, 1.165) is 43.9 Å². The molecule has 1 amide bonds. The Balaban J connectivity index is 1.96. The minimum atomic E-state index is -0.576. The first kappa shape index (κ1) is 16.9. The summed E-state index contributed by atoms with van der Waals surface area (Å²) in [6, 6.07) is 3.03. The Bertz CT molecular complexity index is 501. The van der Waals surface area contributed by atoms with Crippen LogP contribution in [0.25, 0.3) is 0 Å². The highest BCUT2D eigenvalue weighted by Gasteiger charge is 2.25. The van der Waals surface area contributed by atoms with Crippen LogP contribution in [-0.2, 0) is 11.2 Å². The van der Waals surface area contributed by atoms with E-state index in [9.17, 15) is 18.7 Å². The number of hydrogen-bond donors (Lipinski definition) is 2. The quantitative estimate of drug-likeness (QED) is 0.848. The van der Waals surface area contributed by atoms with E-state index in [2.05, 4.69) is 5.32 Å². The zero-order valence-electron chi connectivity index (χ0n) is 12.7. The van der Waals surface area contributed by atoms with E-state index in [1.807, 2.05) is 0 Å².